The van der Waals surface area contributed by atoms with Gasteiger partial charge in [0.15, 0.2) is 5.96 Å². The second-order valence-corrected chi connectivity index (χ2v) is 6.09. The number of nitrogens with one attached hydrogen (secondary N) is 2. The van der Waals surface area contributed by atoms with Gasteiger partial charge >= 0.3 is 0 Å². The summed E-state index contributed by atoms with van der Waals surface area (Å²) >= 11 is 0. The Morgan fingerprint density at radius 2 is 2.26 bits per heavy atom. The third-order valence-electron chi connectivity index (χ3n) is 3.97. The first-order valence-corrected chi connectivity index (χ1v) is 9.61. The van der Waals surface area contributed by atoms with Crippen LogP contribution in [0, 0.1) is 0 Å². The summed E-state index contributed by atoms with van der Waals surface area (Å²) in [6, 6.07) is 3.89. The molecule has 27 heavy (non-hydrogen) atoms. The highest BCUT2D eigenvalue weighted by molar-refractivity contribution is 14.0. The van der Waals surface area contributed by atoms with Gasteiger partial charge in [0.05, 0.1) is 25.9 Å². The van der Waals surface area contributed by atoms with E-state index in [9.17, 15) is 0 Å². The van der Waals surface area contributed by atoms with Gasteiger partial charge in [0, 0.05) is 38.1 Å². The lowest BCUT2D eigenvalue weighted by Crippen LogP contribution is -2.38. The third kappa shape index (κ3) is 9.57. The number of rotatable bonds is 11. The molecule has 154 valence electrons. The minimum absolute atomic E-state index is 0. The maximum Gasteiger partial charge on any atom is 0.218 e. The minimum atomic E-state index is 0. The average Bonchev–Trinajstić information content (AvgIpc) is 3.17. The summed E-state index contributed by atoms with van der Waals surface area (Å²) in [6.45, 7) is 9.05. The van der Waals surface area contributed by atoms with E-state index in [1.807, 2.05) is 19.1 Å². The lowest BCUT2D eigenvalue weighted by Gasteiger charge is -2.13. The molecule has 1 atom stereocenters. The summed E-state index contributed by atoms with van der Waals surface area (Å²) in [6.07, 6.45) is 5.22. The molecule has 1 aliphatic heterocycles. The van der Waals surface area contributed by atoms with Crippen LogP contribution in [0.4, 0.5) is 0 Å². The molecule has 0 aliphatic carbocycles. The summed E-state index contributed by atoms with van der Waals surface area (Å²) < 4.78 is 16.8. The number of nitrogens with zero attached hydrogens (tertiary/aromatic N) is 2. The monoisotopic (exact) mass is 492 g/mol. The fourth-order valence-corrected chi connectivity index (χ4v) is 2.69. The molecule has 1 fully saturated rings. The van der Waals surface area contributed by atoms with Crippen LogP contribution in [0.2, 0.25) is 0 Å². The minimum Gasteiger partial charge on any atom is -0.478 e. The van der Waals surface area contributed by atoms with Gasteiger partial charge in [0.25, 0.3) is 0 Å². The molecular weight excluding hydrogens is 459 g/mol. The third-order valence-corrected chi connectivity index (χ3v) is 3.97. The molecule has 0 saturated carbocycles. The molecule has 1 saturated heterocycles. The Bertz CT molecular complexity index is 539. The predicted octanol–water partition coefficient (Wildman–Crippen LogP) is 2.74. The van der Waals surface area contributed by atoms with E-state index >= 15 is 0 Å². The van der Waals surface area contributed by atoms with Crippen LogP contribution in [0.25, 0.3) is 0 Å². The molecule has 1 unspecified atom stereocenters. The van der Waals surface area contributed by atoms with E-state index in [-0.39, 0.29) is 24.0 Å². The Morgan fingerprint density at radius 1 is 1.37 bits per heavy atom. The molecule has 2 N–H and O–H groups in total. The largest absolute Gasteiger partial charge is 0.478 e. The van der Waals surface area contributed by atoms with Crippen molar-refractivity contribution >= 4 is 29.9 Å². The van der Waals surface area contributed by atoms with Gasteiger partial charge in [0.2, 0.25) is 5.88 Å². The van der Waals surface area contributed by atoms with Crippen molar-refractivity contribution in [2.75, 3.05) is 39.5 Å². The number of halogens is 1. The lowest BCUT2D eigenvalue weighted by atomic mass is 10.2. The maximum atomic E-state index is 5.68. The number of guanidine groups is 1. The standard InChI is InChI=1S/C19H32N4O3.HI/c1-3-20-19(22-11-7-12-24-15-17-9-6-13-26-17)23-14-16-8-5-10-21-18(16)25-4-2;/h5,8,10,17H,3-4,6-7,9,11-15H2,1-2H3,(H2,20,22,23);1H. The van der Waals surface area contributed by atoms with Crippen molar-refractivity contribution in [1.29, 1.82) is 0 Å². The Morgan fingerprint density at radius 3 is 3.00 bits per heavy atom. The van der Waals surface area contributed by atoms with Gasteiger partial charge in [0.1, 0.15) is 0 Å². The normalized spacial score (nSPS) is 16.7. The maximum absolute atomic E-state index is 5.68. The summed E-state index contributed by atoms with van der Waals surface area (Å²) in [5, 5.41) is 6.59. The zero-order chi connectivity index (χ0) is 18.5. The predicted molar refractivity (Wildman–Crippen MR) is 118 cm³/mol. The molecule has 2 rings (SSSR count). The summed E-state index contributed by atoms with van der Waals surface area (Å²) in [5.74, 6) is 1.44. The molecule has 8 heteroatoms. The van der Waals surface area contributed by atoms with Gasteiger partial charge in [-0.3, -0.25) is 0 Å². The van der Waals surface area contributed by atoms with Crippen LogP contribution >= 0.6 is 24.0 Å². The van der Waals surface area contributed by atoms with Crippen molar-refractivity contribution in [3.05, 3.63) is 23.9 Å². The van der Waals surface area contributed by atoms with Crippen LogP contribution < -0.4 is 15.4 Å². The smallest absolute Gasteiger partial charge is 0.218 e. The molecule has 0 bridgehead atoms. The highest BCUT2D eigenvalue weighted by Crippen LogP contribution is 2.15. The topological polar surface area (TPSA) is 77.0 Å². The first-order chi connectivity index (χ1) is 12.8. The Kier molecular flexibility index (Phi) is 13.2. The van der Waals surface area contributed by atoms with Gasteiger partial charge in [-0.15, -0.1) is 24.0 Å². The van der Waals surface area contributed by atoms with Crippen molar-refractivity contribution < 1.29 is 14.2 Å². The van der Waals surface area contributed by atoms with E-state index in [2.05, 4.69) is 27.5 Å². The van der Waals surface area contributed by atoms with Gasteiger partial charge in [-0.05, 0) is 39.2 Å². The van der Waals surface area contributed by atoms with Crippen LogP contribution in [-0.4, -0.2) is 56.6 Å². The van der Waals surface area contributed by atoms with E-state index in [0.29, 0.717) is 31.7 Å². The lowest BCUT2D eigenvalue weighted by molar-refractivity contribution is 0.0168. The molecule has 7 nitrogen and oxygen atoms in total. The second-order valence-electron chi connectivity index (χ2n) is 6.09. The van der Waals surface area contributed by atoms with Crippen LogP contribution in [-0.2, 0) is 16.0 Å². The molecule has 0 spiro atoms. The first-order valence-electron chi connectivity index (χ1n) is 9.61. The average molecular weight is 492 g/mol. The Hall–Kier alpha value is -1.13. The summed E-state index contributed by atoms with van der Waals surface area (Å²) in [7, 11) is 0. The number of aromatic nitrogens is 1. The van der Waals surface area contributed by atoms with Crippen LogP contribution in [0.15, 0.2) is 23.3 Å². The van der Waals surface area contributed by atoms with Crippen molar-refractivity contribution in [3.63, 3.8) is 0 Å². The Labute approximate surface area is 179 Å². The van der Waals surface area contributed by atoms with E-state index in [1.165, 1.54) is 0 Å². The van der Waals surface area contributed by atoms with Crippen LogP contribution in [0.1, 0.15) is 38.7 Å². The highest BCUT2D eigenvalue weighted by Gasteiger charge is 2.14. The number of hydrogen-bond donors (Lipinski definition) is 2. The zero-order valence-electron chi connectivity index (χ0n) is 16.4. The number of ether oxygens (including phenoxy) is 3. The van der Waals surface area contributed by atoms with Crippen molar-refractivity contribution in [3.8, 4) is 5.88 Å². The summed E-state index contributed by atoms with van der Waals surface area (Å²) in [4.78, 5) is 8.88. The van der Waals surface area contributed by atoms with Gasteiger partial charge in [-0.25, -0.2) is 9.98 Å². The molecule has 1 aromatic heterocycles. The molecule has 1 aromatic rings. The van der Waals surface area contributed by atoms with Crippen LogP contribution in [0.3, 0.4) is 0 Å². The molecule has 0 amide bonds. The van der Waals surface area contributed by atoms with E-state index < -0.39 is 0 Å². The van der Waals surface area contributed by atoms with Gasteiger partial charge in [-0.1, -0.05) is 6.07 Å². The van der Waals surface area contributed by atoms with Crippen molar-refractivity contribution in [2.45, 2.75) is 45.8 Å². The van der Waals surface area contributed by atoms with Crippen molar-refractivity contribution in [2.24, 2.45) is 4.99 Å². The summed E-state index contributed by atoms with van der Waals surface area (Å²) in [5.41, 5.74) is 0.978. The molecule has 2 heterocycles. The van der Waals surface area contributed by atoms with E-state index in [4.69, 9.17) is 14.2 Å². The molecule has 0 radical (unpaired) electrons. The first kappa shape index (κ1) is 23.9. The molecular formula is C19H33IN4O3. The fourth-order valence-electron chi connectivity index (χ4n) is 2.69. The van der Waals surface area contributed by atoms with Crippen LogP contribution in [0.5, 0.6) is 5.88 Å². The number of hydrogen-bond acceptors (Lipinski definition) is 5. The van der Waals surface area contributed by atoms with Gasteiger partial charge < -0.3 is 24.8 Å². The molecule has 1 aliphatic rings. The van der Waals surface area contributed by atoms with Crippen molar-refractivity contribution in [1.82, 2.24) is 15.6 Å². The fraction of sp³-hybridized carbons (Fsp3) is 0.684. The van der Waals surface area contributed by atoms with Gasteiger partial charge in [-0.2, -0.15) is 0 Å². The SMILES string of the molecule is CCNC(=NCc1cccnc1OCC)NCCCOCC1CCCO1.I. The highest BCUT2D eigenvalue weighted by atomic mass is 127. The van der Waals surface area contributed by atoms with E-state index in [0.717, 1.165) is 57.1 Å². The molecule has 0 aromatic carbocycles. The zero-order valence-corrected chi connectivity index (χ0v) is 18.7. The second kappa shape index (κ2) is 14.9. The number of aliphatic imine (C=N–C) groups is 1. The number of pyridine rings is 1. The Balaban J connectivity index is 0.00000364. The van der Waals surface area contributed by atoms with E-state index in [1.54, 1.807) is 6.20 Å². The quantitative estimate of drug-likeness (QED) is 0.214.